The number of rotatable bonds is 4. The zero-order valence-electron chi connectivity index (χ0n) is 19.2. The van der Waals surface area contributed by atoms with Gasteiger partial charge >= 0.3 is 0 Å². The average Bonchev–Trinajstić information content (AvgIpc) is 3.37. The summed E-state index contributed by atoms with van der Waals surface area (Å²) in [6.45, 7) is 0.738. The highest BCUT2D eigenvalue weighted by Gasteiger charge is 2.34. The summed E-state index contributed by atoms with van der Waals surface area (Å²) in [6.07, 6.45) is 1.66. The number of amides is 2. The lowest BCUT2D eigenvalue weighted by molar-refractivity contribution is -0.117. The SMILES string of the molecule is O=C1CN(C(=O)c2ccc(S(=O)(=O)N3CCCC3)cc2)[C@H](c2ccc(F)cc2)c2cc(Br)ccc2N1. The van der Waals surface area contributed by atoms with E-state index in [0.29, 0.717) is 29.9 Å². The number of benzene rings is 3. The fraction of sp³-hybridized carbons (Fsp3) is 0.231. The Morgan fingerprint density at radius 1 is 0.972 bits per heavy atom. The van der Waals surface area contributed by atoms with Crippen LogP contribution in [0.15, 0.2) is 76.1 Å². The van der Waals surface area contributed by atoms with Crippen LogP contribution in [0.3, 0.4) is 0 Å². The molecule has 0 radical (unpaired) electrons. The summed E-state index contributed by atoms with van der Waals surface area (Å²) in [4.78, 5) is 28.1. The standard InChI is InChI=1S/C26H23BrFN3O4S/c27-19-7-12-23-22(15-19)25(17-3-8-20(28)9-4-17)31(16-24(32)29-23)26(33)18-5-10-21(11-6-18)36(34,35)30-13-1-2-14-30/h3-12,15,25H,1-2,13-14,16H2,(H,29,32)/t25-/m1/s1. The Labute approximate surface area is 217 Å². The van der Waals surface area contributed by atoms with E-state index >= 15 is 0 Å². The molecular formula is C26H23BrFN3O4S. The van der Waals surface area contributed by atoms with Gasteiger partial charge < -0.3 is 10.2 Å². The van der Waals surface area contributed by atoms with E-state index in [-0.39, 0.29) is 22.9 Å². The number of carbonyl (C=O) groups is 2. The Balaban J connectivity index is 1.54. The maximum Gasteiger partial charge on any atom is 0.255 e. The number of fused-ring (bicyclic) bond motifs is 1. The number of carbonyl (C=O) groups excluding carboxylic acids is 2. The zero-order chi connectivity index (χ0) is 25.4. The monoisotopic (exact) mass is 571 g/mol. The second-order valence-corrected chi connectivity index (χ2v) is 11.7. The Bertz CT molecular complexity index is 1420. The fourth-order valence-electron chi connectivity index (χ4n) is 4.68. The summed E-state index contributed by atoms with van der Waals surface area (Å²) in [6, 6.07) is 16.3. The summed E-state index contributed by atoms with van der Waals surface area (Å²) < 4.78 is 41.7. The minimum absolute atomic E-state index is 0.124. The number of anilines is 1. The van der Waals surface area contributed by atoms with Gasteiger partial charge in [0, 0.05) is 34.4 Å². The van der Waals surface area contributed by atoms with Gasteiger partial charge in [0.05, 0.1) is 10.9 Å². The van der Waals surface area contributed by atoms with Crippen molar-refractivity contribution in [3.8, 4) is 0 Å². The van der Waals surface area contributed by atoms with Crippen molar-refractivity contribution in [2.24, 2.45) is 0 Å². The largest absolute Gasteiger partial charge is 0.324 e. The predicted molar refractivity (Wildman–Crippen MR) is 136 cm³/mol. The summed E-state index contributed by atoms with van der Waals surface area (Å²) in [5.41, 5.74) is 2.10. The van der Waals surface area contributed by atoms with E-state index in [2.05, 4.69) is 21.2 Å². The van der Waals surface area contributed by atoms with E-state index in [9.17, 15) is 22.4 Å². The normalized spacial score (nSPS) is 18.4. The van der Waals surface area contributed by atoms with Crippen LogP contribution in [0.1, 0.15) is 40.4 Å². The Hall–Kier alpha value is -3.08. The minimum Gasteiger partial charge on any atom is -0.324 e. The Morgan fingerprint density at radius 3 is 2.31 bits per heavy atom. The molecule has 1 atom stereocenters. The maximum absolute atomic E-state index is 13.8. The van der Waals surface area contributed by atoms with Crippen molar-refractivity contribution < 1.29 is 22.4 Å². The topological polar surface area (TPSA) is 86.8 Å². The van der Waals surface area contributed by atoms with Crippen LogP contribution in [0.4, 0.5) is 10.1 Å². The van der Waals surface area contributed by atoms with Gasteiger partial charge in [-0.25, -0.2) is 12.8 Å². The van der Waals surface area contributed by atoms with Gasteiger partial charge in [-0.05, 0) is 73.0 Å². The van der Waals surface area contributed by atoms with Gasteiger partial charge in [0.15, 0.2) is 0 Å². The molecule has 1 fully saturated rings. The molecule has 7 nitrogen and oxygen atoms in total. The van der Waals surface area contributed by atoms with Crippen molar-refractivity contribution >= 4 is 43.5 Å². The first-order valence-electron chi connectivity index (χ1n) is 11.5. The van der Waals surface area contributed by atoms with Gasteiger partial charge in [-0.15, -0.1) is 0 Å². The highest BCUT2D eigenvalue weighted by Crippen LogP contribution is 2.38. The summed E-state index contributed by atoms with van der Waals surface area (Å²) >= 11 is 3.46. The number of nitrogens with one attached hydrogen (secondary N) is 1. The highest BCUT2D eigenvalue weighted by molar-refractivity contribution is 9.10. The Morgan fingerprint density at radius 2 is 1.64 bits per heavy atom. The van der Waals surface area contributed by atoms with E-state index in [1.165, 1.54) is 45.6 Å². The predicted octanol–water partition coefficient (Wildman–Crippen LogP) is 4.56. The van der Waals surface area contributed by atoms with E-state index in [1.54, 1.807) is 24.3 Å². The van der Waals surface area contributed by atoms with Crippen LogP contribution in [0, 0.1) is 5.82 Å². The van der Waals surface area contributed by atoms with Crippen LogP contribution in [0.2, 0.25) is 0 Å². The average molecular weight is 572 g/mol. The second-order valence-electron chi connectivity index (χ2n) is 8.80. The first-order valence-corrected chi connectivity index (χ1v) is 13.7. The molecule has 0 saturated carbocycles. The fourth-order valence-corrected chi connectivity index (χ4v) is 6.58. The third-order valence-corrected chi connectivity index (χ3v) is 8.86. The van der Waals surface area contributed by atoms with Crippen molar-refractivity contribution in [1.82, 2.24) is 9.21 Å². The van der Waals surface area contributed by atoms with E-state index in [4.69, 9.17) is 0 Å². The smallest absolute Gasteiger partial charge is 0.255 e. The number of halogens is 2. The molecule has 3 aromatic rings. The van der Waals surface area contributed by atoms with E-state index < -0.39 is 27.8 Å². The van der Waals surface area contributed by atoms with Crippen LogP contribution in [0.25, 0.3) is 0 Å². The van der Waals surface area contributed by atoms with Crippen molar-refractivity contribution in [1.29, 1.82) is 0 Å². The van der Waals surface area contributed by atoms with Crippen molar-refractivity contribution in [2.75, 3.05) is 25.0 Å². The summed E-state index contributed by atoms with van der Waals surface area (Å²) in [5, 5.41) is 2.84. The molecule has 1 saturated heterocycles. The molecule has 5 rings (SSSR count). The first kappa shape index (κ1) is 24.6. The molecule has 186 valence electrons. The minimum atomic E-state index is -3.62. The van der Waals surface area contributed by atoms with Gasteiger partial charge in [0.1, 0.15) is 12.4 Å². The lowest BCUT2D eigenvalue weighted by Gasteiger charge is -2.31. The number of sulfonamides is 1. The molecule has 3 aromatic carbocycles. The van der Waals surface area contributed by atoms with Gasteiger partial charge in [-0.2, -0.15) is 4.31 Å². The lowest BCUT2D eigenvalue weighted by Crippen LogP contribution is -2.39. The highest BCUT2D eigenvalue weighted by atomic mass is 79.9. The van der Waals surface area contributed by atoms with Crippen LogP contribution in [-0.2, 0) is 14.8 Å². The molecule has 2 aliphatic heterocycles. The number of hydrogen-bond acceptors (Lipinski definition) is 4. The summed E-state index contributed by atoms with van der Waals surface area (Å²) in [7, 11) is -3.62. The molecular weight excluding hydrogens is 549 g/mol. The molecule has 0 aliphatic carbocycles. The first-order chi connectivity index (χ1) is 17.2. The molecule has 0 spiro atoms. The van der Waals surface area contributed by atoms with Crippen LogP contribution in [0.5, 0.6) is 0 Å². The molecule has 36 heavy (non-hydrogen) atoms. The molecule has 0 unspecified atom stereocenters. The van der Waals surface area contributed by atoms with Crippen molar-refractivity contribution in [3.05, 3.63) is 93.7 Å². The second kappa shape index (κ2) is 9.76. The third kappa shape index (κ3) is 4.68. The molecule has 0 aromatic heterocycles. The lowest BCUT2D eigenvalue weighted by atomic mass is 9.95. The quantitative estimate of drug-likeness (QED) is 0.497. The molecule has 0 bridgehead atoms. The number of nitrogens with zero attached hydrogens (tertiary/aromatic N) is 2. The van der Waals surface area contributed by atoms with Crippen molar-refractivity contribution in [2.45, 2.75) is 23.8 Å². The Kier molecular flexibility index (Phi) is 6.67. The third-order valence-electron chi connectivity index (χ3n) is 6.46. The van der Waals surface area contributed by atoms with Crippen molar-refractivity contribution in [3.63, 3.8) is 0 Å². The molecule has 2 heterocycles. The van der Waals surface area contributed by atoms with E-state index in [1.807, 2.05) is 6.07 Å². The van der Waals surface area contributed by atoms with E-state index in [0.717, 1.165) is 17.3 Å². The van der Waals surface area contributed by atoms with Crippen LogP contribution in [-0.4, -0.2) is 49.1 Å². The zero-order valence-corrected chi connectivity index (χ0v) is 21.6. The van der Waals surface area contributed by atoms with Crippen LogP contribution >= 0.6 is 15.9 Å². The maximum atomic E-state index is 13.8. The van der Waals surface area contributed by atoms with Crippen LogP contribution < -0.4 is 5.32 Å². The van der Waals surface area contributed by atoms with Gasteiger partial charge in [-0.3, -0.25) is 9.59 Å². The molecule has 2 amide bonds. The van der Waals surface area contributed by atoms with Gasteiger partial charge in [0.2, 0.25) is 15.9 Å². The van der Waals surface area contributed by atoms with Gasteiger partial charge in [-0.1, -0.05) is 28.1 Å². The number of hydrogen-bond donors (Lipinski definition) is 1. The molecule has 1 N–H and O–H groups in total. The van der Waals surface area contributed by atoms with Gasteiger partial charge in [0.25, 0.3) is 5.91 Å². The molecule has 10 heteroatoms. The summed E-state index contributed by atoms with van der Waals surface area (Å²) in [5.74, 6) is -1.23. The molecule has 2 aliphatic rings.